The monoisotopic (exact) mass is 307 g/mol. The Hall–Kier alpha value is -1.14. The lowest BCUT2D eigenvalue weighted by Gasteiger charge is -2.28. The maximum atomic E-state index is 13.3. The molecule has 2 atom stereocenters. The van der Waals surface area contributed by atoms with Gasteiger partial charge >= 0.3 is 6.18 Å². The molecule has 1 N–H and O–H groups in total. The van der Waals surface area contributed by atoms with Crippen molar-refractivity contribution in [1.82, 2.24) is 5.32 Å². The van der Waals surface area contributed by atoms with Crippen molar-refractivity contribution in [3.63, 3.8) is 0 Å². The quantitative estimate of drug-likeness (QED) is 0.822. The molecule has 6 heteroatoms. The molecule has 0 spiro atoms. The molecule has 0 heterocycles. The summed E-state index contributed by atoms with van der Waals surface area (Å²) in [5, 5.41) is 3.08. The number of alkyl halides is 3. The summed E-state index contributed by atoms with van der Waals surface area (Å²) in [5.74, 6) is -0.503. The van der Waals surface area contributed by atoms with Crippen LogP contribution in [0.2, 0.25) is 0 Å². The molecule has 2 nitrogen and oxygen atoms in total. The normalized spacial score (nSPS) is 15.8. The average Bonchev–Trinajstić information content (AvgIpc) is 2.31. The number of ether oxygens (including phenoxy) is 1. The maximum absolute atomic E-state index is 13.3. The molecule has 0 saturated heterocycles. The molecule has 120 valence electrons. The zero-order valence-electron chi connectivity index (χ0n) is 12.6. The second-order valence-corrected chi connectivity index (χ2v) is 5.99. The van der Waals surface area contributed by atoms with E-state index in [2.05, 4.69) is 5.32 Å². The third-order valence-corrected chi connectivity index (χ3v) is 2.87. The molecular formula is C15H21F4NO. The predicted molar refractivity (Wildman–Crippen MR) is 73.5 cm³/mol. The number of benzene rings is 1. The molecule has 21 heavy (non-hydrogen) atoms. The first-order chi connectivity index (χ1) is 9.49. The molecule has 1 aromatic rings. The van der Waals surface area contributed by atoms with Crippen molar-refractivity contribution in [2.24, 2.45) is 0 Å². The summed E-state index contributed by atoms with van der Waals surface area (Å²) in [7, 11) is 0. The summed E-state index contributed by atoms with van der Waals surface area (Å²) >= 11 is 0. The fourth-order valence-electron chi connectivity index (χ4n) is 1.67. The van der Waals surface area contributed by atoms with E-state index in [1.807, 2.05) is 20.8 Å². The highest BCUT2D eigenvalue weighted by Crippen LogP contribution is 2.28. The van der Waals surface area contributed by atoms with Gasteiger partial charge in [0.15, 0.2) is 6.10 Å². The first kappa shape index (κ1) is 17.9. The van der Waals surface area contributed by atoms with Crippen molar-refractivity contribution in [3.05, 3.63) is 35.6 Å². The van der Waals surface area contributed by atoms with E-state index in [1.54, 1.807) is 6.07 Å². The highest BCUT2D eigenvalue weighted by Gasteiger charge is 2.38. The third-order valence-electron chi connectivity index (χ3n) is 2.87. The molecule has 0 fully saturated rings. The molecule has 0 amide bonds. The van der Waals surface area contributed by atoms with Crippen LogP contribution in [0.5, 0.6) is 0 Å². The SMILES string of the molecule is CC(OC(CNC(C)(C)C)c1cccc(F)c1)C(F)(F)F. The molecule has 1 aromatic carbocycles. The Balaban J connectivity index is 2.89. The van der Waals surface area contributed by atoms with Crippen LogP contribution in [-0.4, -0.2) is 24.4 Å². The van der Waals surface area contributed by atoms with Gasteiger partial charge in [-0.15, -0.1) is 0 Å². The first-order valence-corrected chi connectivity index (χ1v) is 6.72. The van der Waals surface area contributed by atoms with Crippen molar-refractivity contribution < 1.29 is 22.3 Å². The standard InChI is InChI=1S/C15H21F4NO/c1-10(15(17,18)19)21-13(9-20-14(2,3)4)11-6-5-7-12(16)8-11/h5-8,10,13,20H,9H2,1-4H3. The van der Waals surface area contributed by atoms with Crippen molar-refractivity contribution in [2.75, 3.05) is 6.54 Å². The van der Waals surface area contributed by atoms with Gasteiger partial charge in [-0.3, -0.25) is 0 Å². The van der Waals surface area contributed by atoms with Gasteiger partial charge in [-0.2, -0.15) is 13.2 Å². The lowest BCUT2D eigenvalue weighted by atomic mass is 10.1. The van der Waals surface area contributed by atoms with Crippen molar-refractivity contribution in [1.29, 1.82) is 0 Å². The van der Waals surface area contributed by atoms with Crippen molar-refractivity contribution in [2.45, 2.75) is 51.6 Å². The van der Waals surface area contributed by atoms with Gasteiger partial charge in [0.25, 0.3) is 0 Å². The van der Waals surface area contributed by atoms with Crippen LogP contribution in [0.15, 0.2) is 24.3 Å². The van der Waals surface area contributed by atoms with Crippen LogP contribution in [0.1, 0.15) is 39.4 Å². The van der Waals surface area contributed by atoms with Crippen molar-refractivity contribution in [3.8, 4) is 0 Å². The maximum Gasteiger partial charge on any atom is 0.414 e. The van der Waals surface area contributed by atoms with E-state index >= 15 is 0 Å². The van der Waals surface area contributed by atoms with E-state index < -0.39 is 24.2 Å². The molecule has 0 aliphatic heterocycles. The summed E-state index contributed by atoms with van der Waals surface area (Å²) < 4.78 is 56.3. The number of halogens is 4. The zero-order valence-corrected chi connectivity index (χ0v) is 12.6. The van der Waals surface area contributed by atoms with Crippen LogP contribution in [0.25, 0.3) is 0 Å². The second kappa shape index (κ2) is 6.75. The minimum absolute atomic E-state index is 0.160. The molecule has 0 aromatic heterocycles. The Morgan fingerprint density at radius 3 is 2.29 bits per heavy atom. The van der Waals surface area contributed by atoms with E-state index in [0.29, 0.717) is 5.56 Å². The van der Waals surface area contributed by atoms with Crippen LogP contribution in [-0.2, 0) is 4.74 Å². The fourth-order valence-corrected chi connectivity index (χ4v) is 1.67. The van der Waals surface area contributed by atoms with Crippen LogP contribution in [0.4, 0.5) is 17.6 Å². The van der Waals surface area contributed by atoms with Gasteiger partial charge in [0, 0.05) is 12.1 Å². The summed E-state index contributed by atoms with van der Waals surface area (Å²) in [6.07, 6.45) is -7.25. The van der Waals surface area contributed by atoms with E-state index in [0.717, 1.165) is 6.92 Å². The van der Waals surface area contributed by atoms with Crippen LogP contribution in [0.3, 0.4) is 0 Å². The summed E-state index contributed by atoms with van der Waals surface area (Å²) in [5.41, 5.74) is 0.0963. The summed E-state index contributed by atoms with van der Waals surface area (Å²) in [6.45, 7) is 6.78. The first-order valence-electron chi connectivity index (χ1n) is 6.72. The number of rotatable bonds is 5. The topological polar surface area (TPSA) is 21.3 Å². The minimum Gasteiger partial charge on any atom is -0.360 e. The zero-order chi connectivity index (χ0) is 16.3. The lowest BCUT2D eigenvalue weighted by Crippen LogP contribution is -2.41. The molecule has 2 unspecified atom stereocenters. The van der Waals surface area contributed by atoms with Gasteiger partial charge in [0.2, 0.25) is 0 Å². The third kappa shape index (κ3) is 6.44. The van der Waals surface area contributed by atoms with Crippen LogP contribution < -0.4 is 5.32 Å². The van der Waals surface area contributed by atoms with Gasteiger partial charge in [0.1, 0.15) is 5.82 Å². The smallest absolute Gasteiger partial charge is 0.360 e. The number of nitrogens with one attached hydrogen (secondary N) is 1. The highest BCUT2D eigenvalue weighted by atomic mass is 19.4. The Bertz CT molecular complexity index is 454. The van der Waals surface area contributed by atoms with E-state index in [4.69, 9.17) is 4.74 Å². The average molecular weight is 307 g/mol. The number of hydrogen-bond donors (Lipinski definition) is 1. The lowest BCUT2D eigenvalue weighted by molar-refractivity contribution is -0.227. The Morgan fingerprint density at radius 1 is 1.19 bits per heavy atom. The molecule has 1 rings (SSSR count). The predicted octanol–water partition coefficient (Wildman–Crippen LogP) is 4.22. The Kier molecular flexibility index (Phi) is 5.75. The van der Waals surface area contributed by atoms with E-state index in [1.165, 1.54) is 18.2 Å². The van der Waals surface area contributed by atoms with E-state index in [9.17, 15) is 17.6 Å². The Labute approximate surface area is 122 Å². The number of hydrogen-bond acceptors (Lipinski definition) is 2. The second-order valence-electron chi connectivity index (χ2n) is 5.99. The molecular weight excluding hydrogens is 286 g/mol. The van der Waals surface area contributed by atoms with E-state index in [-0.39, 0.29) is 12.1 Å². The summed E-state index contributed by atoms with van der Waals surface area (Å²) in [6, 6.07) is 5.45. The highest BCUT2D eigenvalue weighted by molar-refractivity contribution is 5.19. The molecule has 0 radical (unpaired) electrons. The summed E-state index contributed by atoms with van der Waals surface area (Å²) in [4.78, 5) is 0. The molecule has 0 bridgehead atoms. The fraction of sp³-hybridized carbons (Fsp3) is 0.600. The molecule has 0 saturated carbocycles. The van der Waals surface area contributed by atoms with Crippen LogP contribution in [0, 0.1) is 5.82 Å². The van der Waals surface area contributed by atoms with Gasteiger partial charge in [-0.05, 0) is 45.4 Å². The van der Waals surface area contributed by atoms with Gasteiger partial charge in [-0.25, -0.2) is 4.39 Å². The Morgan fingerprint density at radius 2 is 1.81 bits per heavy atom. The minimum atomic E-state index is -4.45. The largest absolute Gasteiger partial charge is 0.414 e. The molecule has 0 aliphatic carbocycles. The van der Waals surface area contributed by atoms with Crippen LogP contribution >= 0.6 is 0 Å². The van der Waals surface area contributed by atoms with Crippen molar-refractivity contribution >= 4 is 0 Å². The van der Waals surface area contributed by atoms with Gasteiger partial charge in [0.05, 0.1) is 6.10 Å². The molecule has 0 aliphatic rings. The van der Waals surface area contributed by atoms with Gasteiger partial charge in [-0.1, -0.05) is 12.1 Å². The van der Waals surface area contributed by atoms with Gasteiger partial charge < -0.3 is 10.1 Å².